The number of likely N-dealkylation sites (N-methyl/N-ethyl adjacent to an activating group) is 1. The SMILES string of the molecule is Cc1cnc(N)c(C(N)C2(N(C)C)CCC(C)CC2)c1. The second-order valence-electron chi connectivity index (χ2n) is 6.65. The molecule has 0 spiro atoms. The van der Waals surface area contributed by atoms with Gasteiger partial charge in [0.15, 0.2) is 0 Å². The lowest BCUT2D eigenvalue weighted by atomic mass is 9.70. The van der Waals surface area contributed by atoms with Crippen molar-refractivity contribution in [1.82, 2.24) is 9.88 Å². The third-order valence-electron chi connectivity index (χ3n) is 5.03. The van der Waals surface area contributed by atoms with Crippen molar-refractivity contribution < 1.29 is 0 Å². The van der Waals surface area contributed by atoms with Crippen LogP contribution in [-0.2, 0) is 0 Å². The number of nitrogens with zero attached hydrogens (tertiary/aromatic N) is 2. The molecule has 0 saturated heterocycles. The van der Waals surface area contributed by atoms with Crippen molar-refractivity contribution in [3.63, 3.8) is 0 Å². The van der Waals surface area contributed by atoms with Crippen LogP contribution in [-0.4, -0.2) is 29.5 Å². The van der Waals surface area contributed by atoms with Gasteiger partial charge in [0.2, 0.25) is 0 Å². The minimum absolute atomic E-state index is 0.00387. The second-order valence-corrected chi connectivity index (χ2v) is 6.65. The molecule has 1 unspecified atom stereocenters. The summed E-state index contributed by atoms with van der Waals surface area (Å²) in [6.07, 6.45) is 6.50. The molecule has 0 bridgehead atoms. The lowest BCUT2D eigenvalue weighted by Gasteiger charge is -2.48. The average Bonchev–Trinajstić information content (AvgIpc) is 2.41. The molecule has 1 atom stereocenters. The number of aryl methyl sites for hydroxylation is 1. The Kier molecular flexibility index (Phi) is 4.35. The topological polar surface area (TPSA) is 68.2 Å². The maximum absolute atomic E-state index is 6.66. The number of anilines is 1. The minimum Gasteiger partial charge on any atom is -0.383 e. The van der Waals surface area contributed by atoms with Crippen LogP contribution in [0.1, 0.15) is 49.8 Å². The normalized spacial score (nSPS) is 28.6. The predicted octanol–water partition coefficient (Wildman–Crippen LogP) is 2.48. The average molecular weight is 276 g/mol. The minimum atomic E-state index is -0.0857. The van der Waals surface area contributed by atoms with Crippen molar-refractivity contribution in [1.29, 1.82) is 0 Å². The molecule has 1 saturated carbocycles. The number of hydrogen-bond donors (Lipinski definition) is 2. The van der Waals surface area contributed by atoms with Crippen molar-refractivity contribution in [3.8, 4) is 0 Å². The molecule has 0 amide bonds. The first-order valence-corrected chi connectivity index (χ1v) is 7.52. The highest BCUT2D eigenvalue weighted by Gasteiger charge is 2.42. The molecular weight excluding hydrogens is 248 g/mol. The van der Waals surface area contributed by atoms with Crippen molar-refractivity contribution in [2.75, 3.05) is 19.8 Å². The van der Waals surface area contributed by atoms with Gasteiger partial charge >= 0.3 is 0 Å². The largest absolute Gasteiger partial charge is 0.383 e. The summed E-state index contributed by atoms with van der Waals surface area (Å²) >= 11 is 0. The Morgan fingerprint density at radius 1 is 1.35 bits per heavy atom. The standard InChI is InChI=1S/C16H28N4/c1-11-5-7-16(8-6-11,20(3)4)14(17)13-9-12(2)10-19-15(13)18/h9-11,14H,5-8,17H2,1-4H3,(H2,18,19). The zero-order valence-electron chi connectivity index (χ0n) is 13.2. The molecule has 112 valence electrons. The number of hydrogen-bond acceptors (Lipinski definition) is 4. The van der Waals surface area contributed by atoms with Gasteiger partial charge in [-0.05, 0) is 64.3 Å². The van der Waals surface area contributed by atoms with Gasteiger partial charge in [0.05, 0.1) is 6.04 Å². The fourth-order valence-electron chi connectivity index (χ4n) is 3.44. The summed E-state index contributed by atoms with van der Waals surface area (Å²) in [5.41, 5.74) is 14.8. The van der Waals surface area contributed by atoms with Crippen LogP contribution in [0.15, 0.2) is 12.3 Å². The van der Waals surface area contributed by atoms with Crippen LogP contribution in [0, 0.1) is 12.8 Å². The summed E-state index contributed by atoms with van der Waals surface area (Å²) in [6, 6.07) is 2.01. The van der Waals surface area contributed by atoms with Crippen molar-refractivity contribution >= 4 is 5.82 Å². The van der Waals surface area contributed by atoms with Crippen molar-refractivity contribution in [2.24, 2.45) is 11.7 Å². The molecule has 0 aliphatic heterocycles. The summed E-state index contributed by atoms with van der Waals surface area (Å²) < 4.78 is 0. The predicted molar refractivity (Wildman–Crippen MR) is 84.4 cm³/mol. The maximum atomic E-state index is 6.66. The fraction of sp³-hybridized carbons (Fsp3) is 0.688. The van der Waals surface area contributed by atoms with Crippen LogP contribution in [0.5, 0.6) is 0 Å². The van der Waals surface area contributed by atoms with Gasteiger partial charge in [-0.25, -0.2) is 4.98 Å². The van der Waals surface area contributed by atoms with E-state index in [4.69, 9.17) is 11.5 Å². The summed E-state index contributed by atoms with van der Waals surface area (Å²) in [7, 11) is 4.27. The molecule has 1 aromatic rings. The summed E-state index contributed by atoms with van der Waals surface area (Å²) in [5, 5.41) is 0. The molecule has 4 heteroatoms. The number of rotatable bonds is 3. The number of pyridine rings is 1. The highest BCUT2D eigenvalue weighted by atomic mass is 15.2. The molecule has 1 aliphatic carbocycles. The molecule has 1 aromatic heterocycles. The van der Waals surface area contributed by atoms with E-state index < -0.39 is 0 Å². The molecular formula is C16H28N4. The molecule has 4 N–H and O–H groups in total. The van der Waals surface area contributed by atoms with E-state index in [0.29, 0.717) is 5.82 Å². The van der Waals surface area contributed by atoms with E-state index in [9.17, 15) is 0 Å². The Hall–Kier alpha value is -1.13. The Bertz CT molecular complexity index is 462. The van der Waals surface area contributed by atoms with Crippen molar-refractivity contribution in [3.05, 3.63) is 23.4 Å². The van der Waals surface area contributed by atoms with E-state index in [2.05, 4.69) is 37.0 Å². The lowest BCUT2D eigenvalue weighted by molar-refractivity contribution is 0.0565. The number of nitrogens with two attached hydrogens (primary N) is 2. The van der Waals surface area contributed by atoms with Gasteiger partial charge in [-0.3, -0.25) is 0 Å². The Labute approximate surface area is 122 Å². The highest BCUT2D eigenvalue weighted by molar-refractivity contribution is 5.44. The Balaban J connectivity index is 2.36. The van der Waals surface area contributed by atoms with Gasteiger partial charge in [0, 0.05) is 17.3 Å². The van der Waals surface area contributed by atoms with Crippen LogP contribution < -0.4 is 11.5 Å². The first kappa shape index (κ1) is 15.3. The summed E-state index contributed by atoms with van der Waals surface area (Å²) in [5.74, 6) is 1.37. The van der Waals surface area contributed by atoms with E-state index in [1.54, 1.807) is 6.20 Å². The molecule has 0 radical (unpaired) electrons. The smallest absolute Gasteiger partial charge is 0.128 e. The van der Waals surface area contributed by atoms with Gasteiger partial charge in [-0.1, -0.05) is 6.92 Å². The number of aromatic nitrogens is 1. The Morgan fingerprint density at radius 3 is 2.50 bits per heavy atom. The van der Waals surface area contributed by atoms with Gasteiger partial charge in [-0.15, -0.1) is 0 Å². The van der Waals surface area contributed by atoms with E-state index >= 15 is 0 Å². The van der Waals surface area contributed by atoms with E-state index in [0.717, 1.165) is 29.9 Å². The van der Waals surface area contributed by atoms with Crippen LogP contribution in [0.3, 0.4) is 0 Å². The van der Waals surface area contributed by atoms with Crippen molar-refractivity contribution in [2.45, 2.75) is 51.1 Å². The van der Waals surface area contributed by atoms with E-state index in [-0.39, 0.29) is 11.6 Å². The molecule has 20 heavy (non-hydrogen) atoms. The Morgan fingerprint density at radius 2 is 1.95 bits per heavy atom. The molecule has 1 fully saturated rings. The summed E-state index contributed by atoms with van der Waals surface area (Å²) in [4.78, 5) is 6.58. The molecule has 1 aliphatic rings. The van der Waals surface area contributed by atoms with Crippen LogP contribution in [0.2, 0.25) is 0 Å². The first-order chi connectivity index (χ1) is 9.36. The summed E-state index contributed by atoms with van der Waals surface area (Å²) in [6.45, 7) is 4.36. The van der Waals surface area contributed by atoms with Gasteiger partial charge in [0.1, 0.15) is 5.82 Å². The lowest BCUT2D eigenvalue weighted by Crippen LogP contribution is -2.54. The zero-order valence-corrected chi connectivity index (χ0v) is 13.2. The zero-order chi connectivity index (χ0) is 14.9. The van der Waals surface area contributed by atoms with Crippen LogP contribution in [0.4, 0.5) is 5.82 Å². The highest BCUT2D eigenvalue weighted by Crippen LogP contribution is 2.43. The van der Waals surface area contributed by atoms with E-state index in [1.165, 1.54) is 12.8 Å². The third kappa shape index (κ3) is 2.67. The van der Waals surface area contributed by atoms with Gasteiger partial charge in [0.25, 0.3) is 0 Å². The monoisotopic (exact) mass is 276 g/mol. The van der Waals surface area contributed by atoms with Gasteiger partial charge in [-0.2, -0.15) is 0 Å². The maximum Gasteiger partial charge on any atom is 0.128 e. The molecule has 1 heterocycles. The van der Waals surface area contributed by atoms with Crippen LogP contribution >= 0.6 is 0 Å². The van der Waals surface area contributed by atoms with Crippen LogP contribution in [0.25, 0.3) is 0 Å². The fourth-order valence-corrected chi connectivity index (χ4v) is 3.44. The molecule has 2 rings (SSSR count). The molecule has 4 nitrogen and oxygen atoms in total. The first-order valence-electron chi connectivity index (χ1n) is 7.52. The van der Waals surface area contributed by atoms with Gasteiger partial charge < -0.3 is 16.4 Å². The third-order valence-corrected chi connectivity index (χ3v) is 5.03. The van der Waals surface area contributed by atoms with E-state index in [1.807, 2.05) is 6.92 Å². The quantitative estimate of drug-likeness (QED) is 0.890. The second kappa shape index (κ2) is 5.70. The molecule has 0 aromatic carbocycles. The number of nitrogen functional groups attached to an aromatic ring is 1.